The van der Waals surface area contributed by atoms with Gasteiger partial charge in [0.2, 0.25) is 5.95 Å². The lowest BCUT2D eigenvalue weighted by atomic mass is 10.1. The largest absolute Gasteiger partial charge is 0.378 e. The van der Waals surface area contributed by atoms with Crippen molar-refractivity contribution in [1.82, 2.24) is 25.1 Å². The van der Waals surface area contributed by atoms with Crippen molar-refractivity contribution >= 4 is 11.9 Å². The van der Waals surface area contributed by atoms with Crippen molar-refractivity contribution in [2.45, 2.75) is 13.0 Å². The zero-order valence-corrected chi connectivity index (χ0v) is 16.0. The zero-order chi connectivity index (χ0) is 19.6. The van der Waals surface area contributed by atoms with Gasteiger partial charge in [-0.2, -0.15) is 5.10 Å². The molecule has 2 aliphatic heterocycles. The van der Waals surface area contributed by atoms with Crippen LogP contribution in [0.2, 0.25) is 0 Å². The van der Waals surface area contributed by atoms with E-state index in [1.165, 1.54) is 0 Å². The van der Waals surface area contributed by atoms with Gasteiger partial charge in [0.25, 0.3) is 5.91 Å². The fourth-order valence-corrected chi connectivity index (χ4v) is 3.74. The molecule has 1 fully saturated rings. The molecule has 0 unspecified atom stereocenters. The molecule has 0 radical (unpaired) electrons. The lowest BCUT2D eigenvalue weighted by Gasteiger charge is -2.30. The second kappa shape index (κ2) is 7.63. The minimum atomic E-state index is -0.0585. The number of fused-ring (bicyclic) bond motifs is 1. The Kier molecular flexibility index (Phi) is 4.69. The van der Waals surface area contributed by atoms with E-state index in [4.69, 9.17) is 9.72 Å². The van der Waals surface area contributed by atoms with Gasteiger partial charge < -0.3 is 14.5 Å². The molecular formula is C21H22N6O2. The summed E-state index contributed by atoms with van der Waals surface area (Å²) >= 11 is 0. The predicted molar refractivity (Wildman–Crippen MR) is 108 cm³/mol. The van der Waals surface area contributed by atoms with Crippen molar-refractivity contribution in [3.05, 3.63) is 59.5 Å². The Labute approximate surface area is 168 Å². The fraction of sp³-hybridized carbons (Fsp3) is 0.333. The van der Waals surface area contributed by atoms with Gasteiger partial charge in [-0.3, -0.25) is 9.89 Å². The lowest BCUT2D eigenvalue weighted by Crippen LogP contribution is -2.39. The summed E-state index contributed by atoms with van der Waals surface area (Å²) in [5, 5.41) is 7.20. The summed E-state index contributed by atoms with van der Waals surface area (Å²) in [6.45, 7) is 4.08. The number of aromatic amines is 1. The van der Waals surface area contributed by atoms with Crippen LogP contribution in [0.15, 0.2) is 42.6 Å². The van der Waals surface area contributed by atoms with Gasteiger partial charge in [0.15, 0.2) is 0 Å². The van der Waals surface area contributed by atoms with E-state index in [9.17, 15) is 4.79 Å². The van der Waals surface area contributed by atoms with Gasteiger partial charge in [0.05, 0.1) is 31.1 Å². The Balaban J connectivity index is 1.33. The molecule has 0 saturated carbocycles. The average Bonchev–Trinajstić information content (AvgIpc) is 3.29. The first-order chi connectivity index (χ1) is 14.3. The first kappa shape index (κ1) is 17.8. The number of H-pyrrole nitrogens is 1. The first-order valence-corrected chi connectivity index (χ1v) is 9.85. The van der Waals surface area contributed by atoms with Crippen LogP contribution in [0.4, 0.5) is 5.95 Å². The summed E-state index contributed by atoms with van der Waals surface area (Å²) in [6, 6.07) is 11.6. The van der Waals surface area contributed by atoms with Crippen molar-refractivity contribution in [2.24, 2.45) is 0 Å². The molecule has 2 aromatic heterocycles. The topological polar surface area (TPSA) is 87.2 Å². The summed E-state index contributed by atoms with van der Waals surface area (Å²) in [5.41, 5.74) is 4.28. The molecule has 148 valence electrons. The van der Waals surface area contributed by atoms with E-state index >= 15 is 0 Å². The number of morpholine rings is 1. The Morgan fingerprint density at radius 1 is 1.10 bits per heavy atom. The average molecular weight is 390 g/mol. The first-order valence-electron chi connectivity index (χ1n) is 9.85. The van der Waals surface area contributed by atoms with E-state index in [1.54, 1.807) is 0 Å². The molecule has 5 rings (SSSR count). The highest BCUT2D eigenvalue weighted by Gasteiger charge is 2.26. The molecule has 3 aromatic rings. The summed E-state index contributed by atoms with van der Waals surface area (Å²) in [4.78, 5) is 26.3. The lowest BCUT2D eigenvalue weighted by molar-refractivity contribution is 0.0725. The van der Waals surface area contributed by atoms with Crippen LogP contribution in [0.25, 0.3) is 11.3 Å². The molecule has 29 heavy (non-hydrogen) atoms. The van der Waals surface area contributed by atoms with E-state index < -0.39 is 0 Å². The van der Waals surface area contributed by atoms with Gasteiger partial charge in [-0.05, 0) is 18.1 Å². The third kappa shape index (κ3) is 3.58. The standard InChI is InChI=1S/C21H22N6O2/c28-20(18-12-17(24-25-18)15-4-2-1-3-5-15)27-7-6-16-13-22-21(23-19(16)14-27)26-8-10-29-11-9-26/h1-5,12-13H,6-11,14H2,(H,24,25). The second-order valence-corrected chi connectivity index (χ2v) is 7.25. The van der Waals surface area contributed by atoms with Crippen molar-refractivity contribution in [3.8, 4) is 11.3 Å². The quantitative estimate of drug-likeness (QED) is 0.735. The molecule has 1 aromatic carbocycles. The highest BCUT2D eigenvalue weighted by Crippen LogP contribution is 2.22. The highest BCUT2D eigenvalue weighted by molar-refractivity contribution is 5.93. The molecule has 1 N–H and O–H groups in total. The monoisotopic (exact) mass is 390 g/mol. The molecule has 8 nitrogen and oxygen atoms in total. The van der Waals surface area contributed by atoms with Crippen LogP contribution in [-0.2, 0) is 17.7 Å². The molecule has 0 bridgehead atoms. The van der Waals surface area contributed by atoms with Gasteiger partial charge >= 0.3 is 0 Å². The van der Waals surface area contributed by atoms with E-state index in [0.717, 1.165) is 42.0 Å². The molecule has 0 spiro atoms. The third-order valence-electron chi connectivity index (χ3n) is 5.39. The molecule has 0 atom stereocenters. The van der Waals surface area contributed by atoms with Gasteiger partial charge in [-0.25, -0.2) is 9.97 Å². The molecule has 1 saturated heterocycles. The summed E-state index contributed by atoms with van der Waals surface area (Å²) < 4.78 is 5.41. The SMILES string of the molecule is O=C(c1cc(-c2ccccc2)n[nH]1)N1CCc2cnc(N3CCOCC3)nc2C1. The maximum absolute atomic E-state index is 13.0. The van der Waals surface area contributed by atoms with Crippen LogP contribution in [0.3, 0.4) is 0 Å². The molecule has 8 heteroatoms. The summed E-state index contributed by atoms with van der Waals surface area (Å²) in [7, 11) is 0. The number of rotatable bonds is 3. The Morgan fingerprint density at radius 2 is 1.93 bits per heavy atom. The number of ether oxygens (including phenoxy) is 1. The van der Waals surface area contributed by atoms with Crippen molar-refractivity contribution in [2.75, 3.05) is 37.7 Å². The summed E-state index contributed by atoms with van der Waals surface area (Å²) in [6.07, 6.45) is 2.66. The van der Waals surface area contributed by atoms with E-state index in [0.29, 0.717) is 37.9 Å². The Bertz CT molecular complexity index is 1010. The van der Waals surface area contributed by atoms with Crippen LogP contribution in [-0.4, -0.2) is 63.8 Å². The second-order valence-electron chi connectivity index (χ2n) is 7.25. The number of hydrogen-bond donors (Lipinski definition) is 1. The number of nitrogens with zero attached hydrogens (tertiary/aromatic N) is 5. The Morgan fingerprint density at radius 3 is 2.76 bits per heavy atom. The molecule has 4 heterocycles. The number of amides is 1. The number of carbonyl (C=O) groups is 1. The van der Waals surface area contributed by atoms with Gasteiger partial charge in [0, 0.05) is 31.4 Å². The van der Waals surface area contributed by atoms with Crippen LogP contribution < -0.4 is 4.90 Å². The van der Waals surface area contributed by atoms with Crippen LogP contribution in [0.5, 0.6) is 0 Å². The van der Waals surface area contributed by atoms with Crippen molar-refractivity contribution in [3.63, 3.8) is 0 Å². The minimum Gasteiger partial charge on any atom is -0.378 e. The number of anilines is 1. The van der Waals surface area contributed by atoms with Crippen molar-refractivity contribution in [1.29, 1.82) is 0 Å². The molecule has 0 aliphatic carbocycles. The van der Waals surface area contributed by atoms with Gasteiger partial charge in [-0.1, -0.05) is 30.3 Å². The van der Waals surface area contributed by atoms with E-state index in [-0.39, 0.29) is 5.91 Å². The van der Waals surface area contributed by atoms with Gasteiger partial charge in [0.1, 0.15) is 5.69 Å². The van der Waals surface area contributed by atoms with Crippen molar-refractivity contribution < 1.29 is 9.53 Å². The molecule has 2 aliphatic rings. The van der Waals surface area contributed by atoms with Gasteiger partial charge in [-0.15, -0.1) is 0 Å². The smallest absolute Gasteiger partial charge is 0.272 e. The number of aromatic nitrogens is 4. The number of benzene rings is 1. The fourth-order valence-electron chi connectivity index (χ4n) is 3.74. The number of carbonyl (C=O) groups excluding carboxylic acids is 1. The van der Waals surface area contributed by atoms with Crippen LogP contribution >= 0.6 is 0 Å². The van der Waals surface area contributed by atoms with Crippen LogP contribution in [0.1, 0.15) is 21.7 Å². The van der Waals surface area contributed by atoms with E-state index in [2.05, 4.69) is 20.1 Å². The number of nitrogens with one attached hydrogen (secondary N) is 1. The third-order valence-corrected chi connectivity index (χ3v) is 5.39. The maximum Gasteiger partial charge on any atom is 0.272 e. The van der Waals surface area contributed by atoms with Crippen LogP contribution in [0, 0.1) is 0 Å². The minimum absolute atomic E-state index is 0.0585. The van der Waals surface area contributed by atoms with E-state index in [1.807, 2.05) is 47.5 Å². The maximum atomic E-state index is 13.0. The highest BCUT2D eigenvalue weighted by atomic mass is 16.5. The Hall–Kier alpha value is -3.26. The summed E-state index contributed by atoms with van der Waals surface area (Å²) in [5.74, 6) is 0.658. The molecule has 1 amide bonds. The normalized spacial score (nSPS) is 16.6. The predicted octanol–water partition coefficient (Wildman–Crippen LogP) is 1.90. The molecular weight excluding hydrogens is 368 g/mol. The number of hydrogen-bond acceptors (Lipinski definition) is 6. The zero-order valence-electron chi connectivity index (χ0n) is 16.0.